The van der Waals surface area contributed by atoms with Gasteiger partial charge in [-0.15, -0.1) is 0 Å². The molecule has 0 aromatic carbocycles. The maximum absolute atomic E-state index is 10.5. The van der Waals surface area contributed by atoms with Gasteiger partial charge in [0.25, 0.3) is 0 Å². The van der Waals surface area contributed by atoms with Gasteiger partial charge < -0.3 is 10.2 Å². The van der Waals surface area contributed by atoms with Crippen LogP contribution in [0.1, 0.15) is 79.1 Å². The second-order valence-corrected chi connectivity index (χ2v) is 10.7. The molecular weight excluding hydrogens is 296 g/mol. The standard InChI is InChI=1S/C22H38O2/c1-13-11-19-18-6-5-15-12-21(3,24)9-7-16(15)17(18)8-10-22(19,4)20(13)14(2)23/h13-20,23-24H,5-12H2,1-4H3/t13?,14?,15-,16+,17-,18-,19+,20-,21-,22+/m1/s1. The van der Waals surface area contributed by atoms with Crippen molar-refractivity contribution in [1.29, 1.82) is 0 Å². The van der Waals surface area contributed by atoms with Gasteiger partial charge in [0.15, 0.2) is 0 Å². The van der Waals surface area contributed by atoms with E-state index in [1.54, 1.807) is 0 Å². The Morgan fingerprint density at radius 3 is 2.38 bits per heavy atom. The summed E-state index contributed by atoms with van der Waals surface area (Å²) in [6.45, 7) is 8.98. The Labute approximate surface area is 148 Å². The maximum Gasteiger partial charge on any atom is 0.0622 e. The first-order valence-electron chi connectivity index (χ1n) is 10.6. The predicted molar refractivity (Wildman–Crippen MR) is 97.5 cm³/mol. The summed E-state index contributed by atoms with van der Waals surface area (Å²) in [6, 6.07) is 0. The van der Waals surface area contributed by atoms with Gasteiger partial charge in [-0.1, -0.05) is 13.8 Å². The Bertz CT molecular complexity index is 484. The van der Waals surface area contributed by atoms with Crippen LogP contribution in [0.5, 0.6) is 0 Å². The Kier molecular flexibility index (Phi) is 4.12. The van der Waals surface area contributed by atoms with Crippen LogP contribution in [0.4, 0.5) is 0 Å². The van der Waals surface area contributed by atoms with Crippen LogP contribution in [0, 0.1) is 46.8 Å². The van der Waals surface area contributed by atoms with Crippen LogP contribution >= 0.6 is 0 Å². The number of hydrogen-bond acceptors (Lipinski definition) is 2. The lowest BCUT2D eigenvalue weighted by molar-refractivity contribution is -0.107. The quantitative estimate of drug-likeness (QED) is 0.734. The van der Waals surface area contributed by atoms with Crippen LogP contribution in [0.15, 0.2) is 0 Å². The van der Waals surface area contributed by atoms with Gasteiger partial charge in [-0.2, -0.15) is 0 Å². The second-order valence-electron chi connectivity index (χ2n) is 10.7. The van der Waals surface area contributed by atoms with Crippen molar-refractivity contribution < 1.29 is 10.2 Å². The molecule has 4 rings (SSSR count). The molecule has 2 nitrogen and oxygen atoms in total. The Morgan fingerprint density at radius 1 is 0.958 bits per heavy atom. The average molecular weight is 335 g/mol. The SMILES string of the molecule is CC(O)[C@H]1C(C)C[C@H]2[C@@H]3CC[C@@H]4C[C@](C)(O)CC[C@@H]4[C@H]3CC[C@]12C. The van der Waals surface area contributed by atoms with E-state index in [9.17, 15) is 10.2 Å². The zero-order valence-corrected chi connectivity index (χ0v) is 16.2. The van der Waals surface area contributed by atoms with Gasteiger partial charge in [0.1, 0.15) is 0 Å². The van der Waals surface area contributed by atoms with Crippen molar-refractivity contribution in [3.05, 3.63) is 0 Å². The zero-order chi connectivity index (χ0) is 17.3. The van der Waals surface area contributed by atoms with E-state index in [0.717, 1.165) is 42.4 Å². The summed E-state index contributed by atoms with van der Waals surface area (Å²) in [4.78, 5) is 0. The number of rotatable bonds is 1. The van der Waals surface area contributed by atoms with Gasteiger partial charge in [-0.3, -0.25) is 0 Å². The normalized spacial score (nSPS) is 58.5. The minimum atomic E-state index is -0.406. The van der Waals surface area contributed by atoms with Crippen molar-refractivity contribution in [3.63, 3.8) is 0 Å². The minimum Gasteiger partial charge on any atom is -0.393 e. The molecule has 0 radical (unpaired) electrons. The molecule has 2 N–H and O–H groups in total. The molecule has 4 fully saturated rings. The molecular formula is C22H38O2. The minimum absolute atomic E-state index is 0.160. The monoisotopic (exact) mass is 334 g/mol. The molecule has 0 spiro atoms. The summed E-state index contributed by atoms with van der Waals surface area (Å²) >= 11 is 0. The number of hydrogen-bond donors (Lipinski definition) is 2. The Balaban J connectivity index is 1.57. The topological polar surface area (TPSA) is 40.5 Å². The molecule has 0 heterocycles. The van der Waals surface area contributed by atoms with Crippen LogP contribution in [-0.2, 0) is 0 Å². The van der Waals surface area contributed by atoms with E-state index < -0.39 is 5.60 Å². The maximum atomic E-state index is 10.5. The van der Waals surface area contributed by atoms with Gasteiger partial charge in [0.05, 0.1) is 11.7 Å². The van der Waals surface area contributed by atoms with E-state index in [4.69, 9.17) is 0 Å². The smallest absolute Gasteiger partial charge is 0.0622 e. The highest BCUT2D eigenvalue weighted by atomic mass is 16.3. The highest BCUT2D eigenvalue weighted by Crippen LogP contribution is 2.66. The van der Waals surface area contributed by atoms with Crippen LogP contribution in [0.2, 0.25) is 0 Å². The molecule has 10 atom stereocenters. The molecule has 2 heteroatoms. The summed E-state index contributed by atoms with van der Waals surface area (Å²) in [5, 5.41) is 20.9. The van der Waals surface area contributed by atoms with Gasteiger partial charge in [0, 0.05) is 0 Å². The second kappa shape index (κ2) is 5.71. The van der Waals surface area contributed by atoms with Crippen LogP contribution in [-0.4, -0.2) is 21.9 Å². The van der Waals surface area contributed by atoms with Crippen molar-refractivity contribution in [2.24, 2.45) is 46.8 Å². The Hall–Kier alpha value is -0.0800. The van der Waals surface area contributed by atoms with Crippen molar-refractivity contribution in [2.45, 2.75) is 90.8 Å². The molecule has 138 valence electrons. The lowest BCUT2D eigenvalue weighted by Crippen LogP contribution is -2.51. The number of fused-ring (bicyclic) bond motifs is 5. The predicted octanol–water partition coefficient (Wildman–Crippen LogP) is 4.63. The fourth-order valence-corrected chi connectivity index (χ4v) is 8.51. The van der Waals surface area contributed by atoms with E-state index in [-0.39, 0.29) is 6.10 Å². The molecule has 2 unspecified atom stereocenters. The van der Waals surface area contributed by atoms with E-state index in [1.807, 2.05) is 6.92 Å². The van der Waals surface area contributed by atoms with E-state index in [2.05, 4.69) is 20.8 Å². The highest BCUT2D eigenvalue weighted by molar-refractivity contribution is 5.09. The van der Waals surface area contributed by atoms with Gasteiger partial charge in [-0.05, 0) is 112 Å². The third kappa shape index (κ3) is 2.50. The third-order valence-corrected chi connectivity index (χ3v) is 9.19. The molecule has 0 aliphatic heterocycles. The van der Waals surface area contributed by atoms with Crippen LogP contribution < -0.4 is 0 Å². The third-order valence-electron chi connectivity index (χ3n) is 9.19. The molecule has 4 aliphatic carbocycles. The lowest BCUT2D eigenvalue weighted by Gasteiger charge is -2.57. The van der Waals surface area contributed by atoms with Crippen molar-refractivity contribution >= 4 is 0 Å². The van der Waals surface area contributed by atoms with Gasteiger partial charge in [0.2, 0.25) is 0 Å². The zero-order valence-electron chi connectivity index (χ0n) is 16.2. The molecule has 0 bridgehead atoms. The summed E-state index contributed by atoms with van der Waals surface area (Å²) < 4.78 is 0. The van der Waals surface area contributed by atoms with Crippen LogP contribution in [0.25, 0.3) is 0 Å². The molecule has 0 saturated heterocycles. The van der Waals surface area contributed by atoms with Crippen LogP contribution in [0.3, 0.4) is 0 Å². The van der Waals surface area contributed by atoms with E-state index >= 15 is 0 Å². The highest BCUT2D eigenvalue weighted by Gasteiger charge is 2.60. The average Bonchev–Trinajstić information content (AvgIpc) is 2.76. The van der Waals surface area contributed by atoms with Crippen molar-refractivity contribution in [1.82, 2.24) is 0 Å². The number of aliphatic hydroxyl groups is 2. The van der Waals surface area contributed by atoms with Gasteiger partial charge >= 0.3 is 0 Å². The first-order chi connectivity index (χ1) is 11.2. The fraction of sp³-hybridized carbons (Fsp3) is 1.00. The molecule has 4 aliphatic rings. The lowest BCUT2D eigenvalue weighted by atomic mass is 9.49. The summed E-state index contributed by atoms with van der Waals surface area (Å²) in [5.41, 5.74) is -0.0434. The van der Waals surface area contributed by atoms with Crippen molar-refractivity contribution in [2.75, 3.05) is 0 Å². The largest absolute Gasteiger partial charge is 0.393 e. The molecule has 4 saturated carbocycles. The first-order valence-corrected chi connectivity index (χ1v) is 10.6. The number of aliphatic hydroxyl groups excluding tert-OH is 1. The molecule has 0 aromatic heterocycles. The van der Waals surface area contributed by atoms with E-state index in [1.165, 1.54) is 38.5 Å². The fourth-order valence-electron chi connectivity index (χ4n) is 8.51. The molecule has 24 heavy (non-hydrogen) atoms. The Morgan fingerprint density at radius 2 is 1.67 bits per heavy atom. The summed E-state index contributed by atoms with van der Waals surface area (Å²) in [6.07, 6.45) is 9.87. The molecule has 0 amide bonds. The molecule has 0 aromatic rings. The van der Waals surface area contributed by atoms with Gasteiger partial charge in [-0.25, -0.2) is 0 Å². The summed E-state index contributed by atoms with van der Waals surface area (Å²) in [5.74, 6) is 5.42. The first kappa shape index (κ1) is 17.3. The van der Waals surface area contributed by atoms with Crippen molar-refractivity contribution in [3.8, 4) is 0 Å². The van der Waals surface area contributed by atoms with E-state index in [0.29, 0.717) is 17.3 Å². The summed E-state index contributed by atoms with van der Waals surface area (Å²) in [7, 11) is 0.